The predicted molar refractivity (Wildman–Crippen MR) is 320 cm³/mol. The van der Waals surface area contributed by atoms with Crippen LogP contribution >= 0.6 is 0 Å². The number of allylic oxidation sites excluding steroid dienone is 16. The van der Waals surface area contributed by atoms with Gasteiger partial charge in [-0.25, -0.2) is 0 Å². The van der Waals surface area contributed by atoms with E-state index < -0.39 is 6.10 Å². The molecule has 1 unspecified atom stereocenters. The van der Waals surface area contributed by atoms with Crippen LogP contribution in [0.5, 0.6) is 0 Å². The van der Waals surface area contributed by atoms with Gasteiger partial charge in [0.15, 0.2) is 6.10 Å². The van der Waals surface area contributed by atoms with Gasteiger partial charge >= 0.3 is 17.9 Å². The lowest BCUT2D eigenvalue weighted by Gasteiger charge is -2.18. The van der Waals surface area contributed by atoms with E-state index in [1.54, 1.807) is 0 Å². The third kappa shape index (κ3) is 59.2. The van der Waals surface area contributed by atoms with Gasteiger partial charge in [0.1, 0.15) is 13.2 Å². The quantitative estimate of drug-likeness (QED) is 0.0261. The zero-order valence-corrected chi connectivity index (χ0v) is 48.6. The fourth-order valence-electron chi connectivity index (χ4n) is 8.66. The van der Waals surface area contributed by atoms with Gasteiger partial charge in [0.25, 0.3) is 0 Å². The van der Waals surface area contributed by atoms with Crippen molar-refractivity contribution < 1.29 is 28.6 Å². The number of unbranched alkanes of at least 4 members (excludes halogenated alkanes) is 29. The smallest absolute Gasteiger partial charge is 0.306 e. The van der Waals surface area contributed by atoms with Crippen LogP contribution < -0.4 is 0 Å². The second-order valence-electron chi connectivity index (χ2n) is 20.6. The van der Waals surface area contributed by atoms with E-state index >= 15 is 0 Å². The second kappa shape index (κ2) is 61.9. The lowest BCUT2D eigenvalue weighted by atomic mass is 10.0. The van der Waals surface area contributed by atoms with E-state index in [9.17, 15) is 14.4 Å². The van der Waals surface area contributed by atoms with Gasteiger partial charge in [-0.2, -0.15) is 0 Å². The Morgan fingerprint density at radius 2 is 0.541 bits per heavy atom. The molecule has 74 heavy (non-hydrogen) atoms. The molecule has 0 fully saturated rings. The van der Waals surface area contributed by atoms with Crippen molar-refractivity contribution in [2.75, 3.05) is 13.2 Å². The van der Waals surface area contributed by atoms with Crippen molar-refractivity contribution >= 4 is 17.9 Å². The highest BCUT2D eigenvalue weighted by atomic mass is 16.6. The van der Waals surface area contributed by atoms with Gasteiger partial charge in [0.2, 0.25) is 0 Å². The minimum Gasteiger partial charge on any atom is -0.462 e. The van der Waals surface area contributed by atoms with Gasteiger partial charge in [0.05, 0.1) is 0 Å². The first-order chi connectivity index (χ1) is 36.5. The van der Waals surface area contributed by atoms with Gasteiger partial charge in [-0.05, 0) is 96.3 Å². The Morgan fingerprint density at radius 1 is 0.284 bits per heavy atom. The van der Waals surface area contributed by atoms with Gasteiger partial charge in [-0.3, -0.25) is 14.4 Å². The summed E-state index contributed by atoms with van der Waals surface area (Å²) in [6.07, 6.45) is 82.7. The highest BCUT2D eigenvalue weighted by Crippen LogP contribution is 2.16. The molecule has 0 rings (SSSR count). The summed E-state index contributed by atoms with van der Waals surface area (Å²) in [5.74, 6) is -0.957. The maximum absolute atomic E-state index is 12.9. The largest absolute Gasteiger partial charge is 0.462 e. The molecule has 0 spiro atoms. The maximum atomic E-state index is 12.9. The summed E-state index contributed by atoms with van der Waals surface area (Å²) in [6, 6.07) is 0. The zero-order chi connectivity index (χ0) is 53.6. The molecule has 0 amide bonds. The monoisotopic (exact) mass is 1030 g/mol. The third-order valence-electron chi connectivity index (χ3n) is 13.3. The molecule has 0 aliphatic carbocycles. The van der Waals surface area contributed by atoms with E-state index in [1.165, 1.54) is 154 Å². The number of carbonyl (C=O) groups excluding carboxylic acids is 3. The van der Waals surface area contributed by atoms with Crippen molar-refractivity contribution in [3.05, 3.63) is 97.2 Å². The molecule has 6 nitrogen and oxygen atoms in total. The summed E-state index contributed by atoms with van der Waals surface area (Å²) in [5.41, 5.74) is 0. The minimum absolute atomic E-state index is 0.0979. The maximum Gasteiger partial charge on any atom is 0.306 e. The Morgan fingerprint density at radius 3 is 0.892 bits per heavy atom. The molecule has 0 aromatic heterocycles. The third-order valence-corrected chi connectivity index (χ3v) is 13.3. The van der Waals surface area contributed by atoms with E-state index in [1.807, 2.05) is 0 Å². The van der Waals surface area contributed by atoms with Crippen molar-refractivity contribution in [1.29, 1.82) is 0 Å². The average molecular weight is 1030 g/mol. The number of esters is 3. The van der Waals surface area contributed by atoms with Gasteiger partial charge in [0, 0.05) is 19.3 Å². The Kier molecular flexibility index (Phi) is 58.8. The summed E-state index contributed by atoms with van der Waals surface area (Å²) in [5, 5.41) is 0. The van der Waals surface area contributed by atoms with Crippen LogP contribution in [0.4, 0.5) is 0 Å². The highest BCUT2D eigenvalue weighted by molar-refractivity contribution is 5.71. The Bertz CT molecular complexity index is 1460. The first-order valence-corrected chi connectivity index (χ1v) is 31.2. The lowest BCUT2D eigenvalue weighted by Crippen LogP contribution is -2.30. The van der Waals surface area contributed by atoms with Crippen LogP contribution in [0.1, 0.15) is 297 Å². The van der Waals surface area contributed by atoms with Crippen molar-refractivity contribution in [2.45, 2.75) is 303 Å². The summed E-state index contributed by atoms with van der Waals surface area (Å²) < 4.78 is 16.9. The van der Waals surface area contributed by atoms with Crippen LogP contribution in [0.15, 0.2) is 97.2 Å². The first-order valence-electron chi connectivity index (χ1n) is 31.2. The minimum atomic E-state index is -0.804. The van der Waals surface area contributed by atoms with Crippen LogP contribution in [-0.2, 0) is 28.6 Å². The predicted octanol–water partition coefficient (Wildman–Crippen LogP) is 21.3. The Labute approximate surface area is 457 Å². The molecule has 0 aromatic carbocycles. The Balaban J connectivity index is 4.45. The van der Waals surface area contributed by atoms with E-state index in [-0.39, 0.29) is 37.5 Å². The molecule has 0 N–H and O–H groups in total. The van der Waals surface area contributed by atoms with E-state index in [2.05, 4.69) is 118 Å². The molecule has 424 valence electrons. The van der Waals surface area contributed by atoms with Gasteiger partial charge < -0.3 is 14.2 Å². The van der Waals surface area contributed by atoms with Crippen LogP contribution in [-0.4, -0.2) is 37.2 Å². The Hall–Kier alpha value is -3.67. The SMILES string of the molecule is CC/C=C\C/C=C\C/C=C\C/C=C\C/C=C\C/C=C\C/C=C\CCCC(=O)OCC(COC(=O)CCCCCCC/C=C\CCCCCCC)OC(=O)CCCCCCCCCCCCCCCCCCCCC. The molecule has 0 aromatic rings. The highest BCUT2D eigenvalue weighted by Gasteiger charge is 2.19. The number of hydrogen-bond acceptors (Lipinski definition) is 6. The standard InChI is InChI=1S/C68H116O6/c1-4-7-10-13-16-19-22-25-28-30-32-33-34-35-37-38-40-43-46-49-52-55-58-61-67(70)73-64-65(63-72-66(69)60-57-54-51-48-45-42-27-24-21-18-15-12-9-6-3)74-68(71)62-59-56-53-50-47-44-41-39-36-31-29-26-23-20-17-14-11-8-5-2/h7,10,16,19,24-25,27-28,32-33,35,37,40,43,49,52,65H,4-6,8-9,11-15,17-18,20-23,26,29-31,34,36,38-39,41-42,44-48,50-51,53-64H2,1-3H3/b10-7-,19-16-,27-24-,28-25-,33-32-,37-35-,43-40-,52-49-. The van der Waals surface area contributed by atoms with Crippen molar-refractivity contribution in [3.63, 3.8) is 0 Å². The van der Waals surface area contributed by atoms with Crippen molar-refractivity contribution in [2.24, 2.45) is 0 Å². The molecular formula is C68H116O6. The van der Waals surface area contributed by atoms with E-state index in [0.29, 0.717) is 19.3 Å². The molecule has 0 aliphatic rings. The fourth-order valence-corrected chi connectivity index (χ4v) is 8.66. The van der Waals surface area contributed by atoms with Gasteiger partial charge in [-0.15, -0.1) is 0 Å². The van der Waals surface area contributed by atoms with Gasteiger partial charge in [-0.1, -0.05) is 279 Å². The number of ether oxygens (including phenoxy) is 3. The molecule has 0 saturated carbocycles. The molecule has 1 atom stereocenters. The van der Waals surface area contributed by atoms with Crippen LogP contribution in [0.2, 0.25) is 0 Å². The fraction of sp³-hybridized carbons (Fsp3) is 0.721. The number of hydrogen-bond donors (Lipinski definition) is 0. The molecule has 0 heterocycles. The topological polar surface area (TPSA) is 78.9 Å². The molecule has 0 radical (unpaired) electrons. The van der Waals surface area contributed by atoms with Crippen molar-refractivity contribution in [1.82, 2.24) is 0 Å². The van der Waals surface area contributed by atoms with Crippen LogP contribution in [0, 0.1) is 0 Å². The van der Waals surface area contributed by atoms with Crippen LogP contribution in [0.25, 0.3) is 0 Å². The molecule has 6 heteroatoms. The number of rotatable bonds is 56. The van der Waals surface area contributed by atoms with Crippen molar-refractivity contribution in [3.8, 4) is 0 Å². The summed E-state index contributed by atoms with van der Waals surface area (Å²) >= 11 is 0. The zero-order valence-electron chi connectivity index (χ0n) is 48.6. The lowest BCUT2D eigenvalue weighted by molar-refractivity contribution is -0.167. The van der Waals surface area contributed by atoms with E-state index in [0.717, 1.165) is 96.3 Å². The summed E-state index contributed by atoms with van der Waals surface area (Å²) in [7, 11) is 0. The van der Waals surface area contributed by atoms with Crippen LogP contribution in [0.3, 0.4) is 0 Å². The molecular weight excluding hydrogens is 913 g/mol. The first kappa shape index (κ1) is 70.3. The number of carbonyl (C=O) groups is 3. The normalized spacial score (nSPS) is 12.7. The summed E-state index contributed by atoms with van der Waals surface area (Å²) in [6.45, 7) is 6.49. The average Bonchev–Trinajstić information content (AvgIpc) is 3.40. The molecule has 0 bridgehead atoms. The molecule has 0 aliphatic heterocycles. The second-order valence-corrected chi connectivity index (χ2v) is 20.6. The summed E-state index contributed by atoms with van der Waals surface area (Å²) in [4.78, 5) is 38.3. The molecule has 0 saturated heterocycles. The van der Waals surface area contributed by atoms with E-state index in [4.69, 9.17) is 14.2 Å².